The molecule has 1 aromatic carbocycles. The van der Waals surface area contributed by atoms with Crippen molar-refractivity contribution in [3.63, 3.8) is 0 Å². The summed E-state index contributed by atoms with van der Waals surface area (Å²) in [4.78, 5) is 0. The normalized spacial score (nSPS) is 12.9. The van der Waals surface area contributed by atoms with E-state index in [-0.39, 0.29) is 0 Å². The van der Waals surface area contributed by atoms with Gasteiger partial charge in [0.2, 0.25) is 0 Å². The van der Waals surface area contributed by atoms with Gasteiger partial charge in [0.1, 0.15) is 6.10 Å². The molecule has 0 saturated heterocycles. The Morgan fingerprint density at radius 3 is 2.61 bits per heavy atom. The van der Waals surface area contributed by atoms with Crippen molar-refractivity contribution in [1.82, 2.24) is 9.78 Å². The fraction of sp³-hybridized carbons (Fsp3) is 0.357. The molecule has 0 aliphatic carbocycles. The van der Waals surface area contributed by atoms with Crippen molar-refractivity contribution in [1.29, 1.82) is 0 Å². The van der Waals surface area contributed by atoms with Crippen LogP contribution in [0.1, 0.15) is 25.6 Å². The van der Waals surface area contributed by atoms with E-state index in [0.29, 0.717) is 11.0 Å². The molecule has 0 amide bonds. The molecule has 0 bridgehead atoms. The van der Waals surface area contributed by atoms with Gasteiger partial charge in [-0.05, 0) is 23.4 Å². The highest BCUT2D eigenvalue weighted by atomic mass is 32.2. The van der Waals surface area contributed by atoms with Crippen LogP contribution in [0, 0.1) is 0 Å². The van der Waals surface area contributed by atoms with E-state index in [1.807, 2.05) is 36.4 Å². The minimum absolute atomic E-state index is 0.486. The minimum Gasteiger partial charge on any atom is -0.386 e. The fourth-order valence-corrected chi connectivity index (χ4v) is 2.46. The van der Waals surface area contributed by atoms with Crippen LogP contribution in [-0.4, -0.2) is 25.9 Å². The van der Waals surface area contributed by atoms with Crippen molar-refractivity contribution in [3.05, 3.63) is 48.3 Å². The van der Waals surface area contributed by atoms with E-state index < -0.39 is 6.10 Å². The highest BCUT2D eigenvalue weighted by molar-refractivity contribution is 7.99. The van der Waals surface area contributed by atoms with Gasteiger partial charge in [0.25, 0.3) is 0 Å². The lowest BCUT2D eigenvalue weighted by molar-refractivity contribution is 0.196. The smallest absolute Gasteiger partial charge is 0.105 e. The first-order chi connectivity index (χ1) is 8.68. The molecule has 4 heteroatoms. The van der Waals surface area contributed by atoms with Gasteiger partial charge in [-0.2, -0.15) is 16.9 Å². The summed E-state index contributed by atoms with van der Waals surface area (Å²) in [6, 6.07) is 11.7. The first-order valence-electron chi connectivity index (χ1n) is 6.07. The van der Waals surface area contributed by atoms with Crippen LogP contribution in [0.25, 0.3) is 5.69 Å². The second kappa shape index (κ2) is 6.07. The van der Waals surface area contributed by atoms with Gasteiger partial charge in [-0.3, -0.25) is 0 Å². The van der Waals surface area contributed by atoms with Crippen LogP contribution >= 0.6 is 11.8 Å². The Balaban J connectivity index is 2.17. The zero-order valence-electron chi connectivity index (χ0n) is 10.7. The number of thioether (sulfide) groups is 1. The molecule has 2 aromatic rings. The van der Waals surface area contributed by atoms with E-state index >= 15 is 0 Å². The first kappa shape index (κ1) is 13.2. The van der Waals surface area contributed by atoms with Gasteiger partial charge in [-0.1, -0.05) is 32.0 Å². The summed E-state index contributed by atoms with van der Waals surface area (Å²) in [7, 11) is 0. The van der Waals surface area contributed by atoms with Crippen molar-refractivity contribution in [2.45, 2.75) is 25.2 Å². The van der Waals surface area contributed by atoms with E-state index in [2.05, 4.69) is 18.9 Å². The highest BCUT2D eigenvalue weighted by Crippen LogP contribution is 2.22. The van der Waals surface area contributed by atoms with Gasteiger partial charge >= 0.3 is 0 Å². The molecular formula is C14H18N2OS. The number of benzene rings is 1. The monoisotopic (exact) mass is 262 g/mol. The zero-order valence-corrected chi connectivity index (χ0v) is 11.5. The van der Waals surface area contributed by atoms with E-state index in [1.54, 1.807) is 22.6 Å². The molecule has 0 aliphatic heterocycles. The lowest BCUT2D eigenvalue weighted by Crippen LogP contribution is -2.10. The van der Waals surface area contributed by atoms with Crippen molar-refractivity contribution < 1.29 is 5.11 Å². The predicted octanol–water partition coefficient (Wildman–Crippen LogP) is 3.05. The molecule has 1 atom stereocenters. The Labute approximate surface area is 112 Å². The predicted molar refractivity (Wildman–Crippen MR) is 76.1 cm³/mol. The van der Waals surface area contributed by atoms with Gasteiger partial charge in [-0.25, -0.2) is 4.68 Å². The van der Waals surface area contributed by atoms with Gasteiger partial charge < -0.3 is 5.11 Å². The molecule has 3 nitrogen and oxygen atoms in total. The molecule has 0 fully saturated rings. The molecule has 0 aliphatic rings. The van der Waals surface area contributed by atoms with Crippen molar-refractivity contribution >= 4 is 11.8 Å². The van der Waals surface area contributed by atoms with E-state index in [9.17, 15) is 5.11 Å². The average Bonchev–Trinajstić information content (AvgIpc) is 2.86. The van der Waals surface area contributed by atoms with Gasteiger partial charge in [0.05, 0.1) is 11.4 Å². The van der Waals surface area contributed by atoms with Crippen LogP contribution in [-0.2, 0) is 0 Å². The maximum atomic E-state index is 10.2. The number of aliphatic hydroxyl groups is 1. The number of hydrogen-bond acceptors (Lipinski definition) is 3. The largest absolute Gasteiger partial charge is 0.386 e. The van der Waals surface area contributed by atoms with E-state index in [0.717, 1.165) is 11.4 Å². The number of para-hydroxylation sites is 1. The van der Waals surface area contributed by atoms with Crippen LogP contribution < -0.4 is 0 Å². The number of rotatable bonds is 5. The average molecular weight is 262 g/mol. The molecule has 96 valence electrons. The number of aliphatic hydroxyl groups excluding tert-OH is 1. The molecule has 1 N–H and O–H groups in total. The SMILES string of the molecule is CC(C)SCC(O)c1ccnn1-c1ccccc1. The number of aromatic nitrogens is 2. The van der Waals surface area contributed by atoms with E-state index in [1.165, 1.54) is 0 Å². The summed E-state index contributed by atoms with van der Waals surface area (Å²) in [5.74, 6) is 0.691. The van der Waals surface area contributed by atoms with Crippen molar-refractivity contribution in [3.8, 4) is 5.69 Å². The van der Waals surface area contributed by atoms with Crippen LogP contribution in [0.4, 0.5) is 0 Å². The Bertz CT molecular complexity index is 482. The molecule has 0 radical (unpaired) electrons. The Morgan fingerprint density at radius 1 is 1.22 bits per heavy atom. The summed E-state index contributed by atoms with van der Waals surface area (Å²) in [5.41, 5.74) is 1.82. The van der Waals surface area contributed by atoms with Crippen LogP contribution in [0.2, 0.25) is 0 Å². The molecule has 0 saturated carbocycles. The Hall–Kier alpha value is -1.26. The van der Waals surface area contributed by atoms with Gasteiger partial charge in [0, 0.05) is 11.9 Å². The lowest BCUT2D eigenvalue weighted by atomic mass is 10.2. The maximum absolute atomic E-state index is 10.2. The third kappa shape index (κ3) is 3.15. The lowest BCUT2D eigenvalue weighted by Gasteiger charge is -2.14. The molecule has 18 heavy (non-hydrogen) atoms. The maximum Gasteiger partial charge on any atom is 0.105 e. The highest BCUT2D eigenvalue weighted by Gasteiger charge is 2.14. The van der Waals surface area contributed by atoms with Crippen molar-refractivity contribution in [2.75, 3.05) is 5.75 Å². The summed E-state index contributed by atoms with van der Waals surface area (Å²) in [6.45, 7) is 4.26. The Kier molecular flexibility index (Phi) is 4.44. The van der Waals surface area contributed by atoms with Gasteiger partial charge in [0.15, 0.2) is 0 Å². The summed E-state index contributed by atoms with van der Waals surface area (Å²) in [6.07, 6.45) is 1.24. The topological polar surface area (TPSA) is 38.1 Å². The molecule has 1 unspecified atom stereocenters. The molecule has 2 rings (SSSR count). The number of nitrogens with zero attached hydrogens (tertiary/aromatic N) is 2. The minimum atomic E-state index is -0.486. The summed E-state index contributed by atoms with van der Waals surface area (Å²) >= 11 is 1.75. The standard InChI is InChI=1S/C14H18N2OS/c1-11(2)18-10-14(17)13-8-9-15-16(13)12-6-4-3-5-7-12/h3-9,11,14,17H,10H2,1-2H3. The molecule has 1 heterocycles. The van der Waals surface area contributed by atoms with Crippen LogP contribution in [0.15, 0.2) is 42.6 Å². The van der Waals surface area contributed by atoms with Crippen molar-refractivity contribution in [2.24, 2.45) is 0 Å². The number of hydrogen-bond donors (Lipinski definition) is 1. The second-order valence-corrected chi connectivity index (χ2v) is 6.01. The zero-order chi connectivity index (χ0) is 13.0. The molecular weight excluding hydrogens is 244 g/mol. The van der Waals surface area contributed by atoms with Gasteiger partial charge in [-0.15, -0.1) is 0 Å². The van der Waals surface area contributed by atoms with Crippen LogP contribution in [0.5, 0.6) is 0 Å². The molecule has 1 aromatic heterocycles. The third-order valence-electron chi connectivity index (χ3n) is 2.60. The third-order valence-corrected chi connectivity index (χ3v) is 3.78. The fourth-order valence-electron chi connectivity index (χ4n) is 1.72. The van der Waals surface area contributed by atoms with Crippen LogP contribution in [0.3, 0.4) is 0 Å². The molecule has 0 spiro atoms. The summed E-state index contributed by atoms with van der Waals surface area (Å²) in [5, 5.41) is 15.0. The summed E-state index contributed by atoms with van der Waals surface area (Å²) < 4.78 is 1.80. The second-order valence-electron chi connectivity index (χ2n) is 4.40. The quantitative estimate of drug-likeness (QED) is 0.900. The first-order valence-corrected chi connectivity index (χ1v) is 7.12. The van der Waals surface area contributed by atoms with E-state index in [4.69, 9.17) is 0 Å². The Morgan fingerprint density at radius 2 is 1.94 bits per heavy atom.